The van der Waals surface area contributed by atoms with Crippen LogP contribution in [0.1, 0.15) is 35.0 Å². The molecule has 9 nitrogen and oxygen atoms in total. The number of carbonyl (C=O) groups excluding carboxylic acids is 2. The maximum Gasteiger partial charge on any atom is 1.00 e. The number of hydrogen-bond acceptors (Lipinski definition) is 10. The molecule has 0 fully saturated rings. The Bertz CT molecular complexity index is 732. The molecule has 0 aliphatic heterocycles. The molecule has 0 radical (unpaired) electrons. The van der Waals surface area contributed by atoms with Gasteiger partial charge in [0.2, 0.25) is 11.5 Å². The molecule has 0 saturated heterocycles. The van der Waals surface area contributed by atoms with Gasteiger partial charge in [-0.05, 0) is 38.3 Å². The van der Waals surface area contributed by atoms with Gasteiger partial charge in [0.25, 0.3) is 0 Å². The Morgan fingerprint density at radius 1 is 1.04 bits per heavy atom. The van der Waals surface area contributed by atoms with Gasteiger partial charge in [0.05, 0.1) is 19.3 Å². The topological polar surface area (TPSA) is 122 Å². The summed E-state index contributed by atoms with van der Waals surface area (Å²) in [6.07, 6.45) is 3.47. The standard InChI is InChI=1S/C8H10O3S.C7H7NO5.CH4S.Na/c1-3-10-8(9)6-4-5-7(11-6)12-2;1-2-12-7(9)5-3-4-6(13-5)8(10)11;1-2;/h4-5H,3H2,1-2H3;3-4H,2H2,1H3;2H,1H3;/q;;;+1/p-1. The van der Waals surface area contributed by atoms with Crippen LogP contribution in [0.25, 0.3) is 0 Å². The molecule has 0 spiro atoms. The van der Waals surface area contributed by atoms with E-state index in [4.69, 9.17) is 9.15 Å². The van der Waals surface area contributed by atoms with Crippen molar-refractivity contribution in [2.24, 2.45) is 0 Å². The van der Waals surface area contributed by atoms with Crippen molar-refractivity contribution >= 4 is 42.2 Å². The molecular formula is C16H20NNaO8S2. The molecule has 0 bridgehead atoms. The fraction of sp³-hybridized carbons (Fsp3) is 0.375. The first-order valence-corrected chi connectivity index (χ1v) is 9.60. The molecule has 0 unspecified atom stereocenters. The van der Waals surface area contributed by atoms with E-state index in [0.29, 0.717) is 6.61 Å². The molecule has 0 aromatic carbocycles. The second-order valence-electron chi connectivity index (χ2n) is 4.16. The fourth-order valence-corrected chi connectivity index (χ4v) is 1.86. The molecule has 2 rings (SSSR count). The third-order valence-electron chi connectivity index (χ3n) is 2.51. The van der Waals surface area contributed by atoms with Gasteiger partial charge in [0.15, 0.2) is 5.09 Å². The first-order valence-electron chi connectivity index (χ1n) is 7.56. The summed E-state index contributed by atoms with van der Waals surface area (Å²) in [5.74, 6) is -1.47. The largest absolute Gasteiger partial charge is 1.00 e. The summed E-state index contributed by atoms with van der Waals surface area (Å²) in [7, 11) is 0. The van der Waals surface area contributed by atoms with Gasteiger partial charge in [0.1, 0.15) is 4.92 Å². The Morgan fingerprint density at radius 3 is 1.86 bits per heavy atom. The third kappa shape index (κ3) is 10.2. The summed E-state index contributed by atoms with van der Waals surface area (Å²) in [5.41, 5.74) is 0. The van der Waals surface area contributed by atoms with E-state index in [1.807, 2.05) is 6.26 Å². The average Bonchev–Trinajstić information content (AvgIpc) is 3.34. The van der Waals surface area contributed by atoms with Gasteiger partial charge in [-0.1, -0.05) is 11.8 Å². The molecule has 0 N–H and O–H groups in total. The summed E-state index contributed by atoms with van der Waals surface area (Å²) in [4.78, 5) is 31.4. The van der Waals surface area contributed by atoms with Crippen LogP contribution in [0.15, 0.2) is 38.2 Å². The zero-order valence-electron chi connectivity index (χ0n) is 16.3. The van der Waals surface area contributed by atoms with Crippen LogP contribution >= 0.6 is 11.8 Å². The van der Waals surface area contributed by atoms with Crippen molar-refractivity contribution in [1.82, 2.24) is 0 Å². The van der Waals surface area contributed by atoms with Crippen molar-refractivity contribution < 1.29 is 62.4 Å². The molecule has 0 atom stereocenters. The quantitative estimate of drug-likeness (QED) is 0.158. The van der Waals surface area contributed by atoms with Crippen LogP contribution in [-0.2, 0) is 22.1 Å². The second kappa shape index (κ2) is 16.5. The minimum Gasteiger partial charge on any atom is -0.796 e. The second-order valence-corrected chi connectivity index (χ2v) is 4.97. The predicted molar refractivity (Wildman–Crippen MR) is 101 cm³/mol. The van der Waals surface area contributed by atoms with Gasteiger partial charge < -0.3 is 30.9 Å². The molecular weight excluding hydrogens is 421 g/mol. The van der Waals surface area contributed by atoms with Crippen LogP contribution < -0.4 is 29.6 Å². The maximum atomic E-state index is 11.0. The minimum absolute atomic E-state index is 0. The number of esters is 2. The maximum absolute atomic E-state index is 11.0. The zero-order valence-corrected chi connectivity index (χ0v) is 19.9. The van der Waals surface area contributed by atoms with E-state index in [1.54, 1.807) is 32.2 Å². The number of ether oxygens (including phenoxy) is 2. The Hall–Kier alpha value is -1.40. The van der Waals surface area contributed by atoms with Crippen LogP contribution in [0.5, 0.6) is 0 Å². The summed E-state index contributed by atoms with van der Waals surface area (Å²) >= 11 is 5.53. The normalized spacial score (nSPS) is 8.89. The summed E-state index contributed by atoms with van der Waals surface area (Å²) in [5, 5.41) is 10.9. The van der Waals surface area contributed by atoms with Crippen LogP contribution in [0.2, 0.25) is 0 Å². The molecule has 0 amide bonds. The molecule has 2 heterocycles. The number of carbonyl (C=O) groups is 2. The van der Waals surface area contributed by atoms with E-state index in [1.165, 1.54) is 17.8 Å². The first kappa shape index (κ1) is 28.8. The Kier molecular flexibility index (Phi) is 17.0. The SMILES string of the molecule is CCOC(=O)c1ccc(SC)o1.CCOC(=O)c1ccc([N+](=O)[O-])o1.C[S-].[Na+]. The van der Waals surface area contributed by atoms with Gasteiger partial charge in [0, 0.05) is 0 Å². The van der Waals surface area contributed by atoms with Crippen LogP contribution in [0, 0.1) is 10.1 Å². The number of hydrogen-bond donors (Lipinski definition) is 0. The zero-order chi connectivity index (χ0) is 20.8. The van der Waals surface area contributed by atoms with Crippen molar-refractivity contribution in [3.63, 3.8) is 0 Å². The molecule has 0 aliphatic carbocycles. The number of furan rings is 2. The summed E-state index contributed by atoms with van der Waals surface area (Å²) in [6, 6.07) is 5.67. The number of rotatable bonds is 6. The number of nitrogens with zero attached hydrogens (tertiary/aromatic N) is 1. The van der Waals surface area contributed by atoms with Gasteiger partial charge in [-0.15, -0.1) is 0 Å². The number of thioether (sulfide) groups is 1. The van der Waals surface area contributed by atoms with E-state index in [-0.39, 0.29) is 47.7 Å². The fourth-order valence-electron chi connectivity index (χ4n) is 1.48. The van der Waals surface area contributed by atoms with E-state index >= 15 is 0 Å². The number of nitro groups is 1. The molecule has 28 heavy (non-hydrogen) atoms. The van der Waals surface area contributed by atoms with Gasteiger partial charge in [-0.3, -0.25) is 10.1 Å². The monoisotopic (exact) mass is 441 g/mol. The third-order valence-corrected chi connectivity index (χ3v) is 3.13. The molecule has 12 heteroatoms. The Labute approximate surface area is 194 Å². The van der Waals surface area contributed by atoms with Crippen molar-refractivity contribution in [3.8, 4) is 0 Å². The van der Waals surface area contributed by atoms with Gasteiger partial charge >= 0.3 is 47.4 Å². The van der Waals surface area contributed by atoms with E-state index < -0.39 is 22.7 Å². The molecule has 2 aromatic heterocycles. The summed E-state index contributed by atoms with van der Waals surface area (Å²) < 4.78 is 19.0. The van der Waals surface area contributed by atoms with E-state index in [2.05, 4.69) is 21.8 Å². The van der Waals surface area contributed by atoms with Crippen molar-refractivity contribution in [1.29, 1.82) is 0 Å². The predicted octanol–water partition coefficient (Wildman–Crippen LogP) is 0.710. The Morgan fingerprint density at radius 2 is 1.50 bits per heavy atom. The van der Waals surface area contributed by atoms with E-state index in [0.717, 1.165) is 11.2 Å². The Balaban J connectivity index is 0. The van der Waals surface area contributed by atoms with Crippen LogP contribution in [-0.4, -0.2) is 42.6 Å². The molecule has 150 valence electrons. The summed E-state index contributed by atoms with van der Waals surface area (Å²) in [6.45, 7) is 3.97. The smallest absolute Gasteiger partial charge is 0.796 e. The minimum atomic E-state index is -0.720. The molecule has 0 aliphatic rings. The average molecular weight is 441 g/mol. The van der Waals surface area contributed by atoms with Crippen molar-refractivity contribution in [3.05, 3.63) is 45.9 Å². The van der Waals surface area contributed by atoms with Gasteiger partial charge in [-0.2, -0.15) is 6.26 Å². The van der Waals surface area contributed by atoms with Crippen molar-refractivity contribution in [2.45, 2.75) is 18.9 Å². The van der Waals surface area contributed by atoms with Crippen LogP contribution in [0.3, 0.4) is 0 Å². The van der Waals surface area contributed by atoms with Gasteiger partial charge in [-0.25, -0.2) is 9.59 Å². The molecule has 2 aromatic rings. The van der Waals surface area contributed by atoms with Crippen LogP contribution in [0.4, 0.5) is 5.88 Å². The first-order chi connectivity index (χ1) is 12.9. The van der Waals surface area contributed by atoms with Crippen molar-refractivity contribution in [2.75, 3.05) is 25.7 Å². The van der Waals surface area contributed by atoms with E-state index in [9.17, 15) is 19.7 Å². The molecule has 0 saturated carbocycles.